The third kappa shape index (κ3) is 4.09. The molecule has 0 saturated heterocycles. The summed E-state index contributed by atoms with van der Waals surface area (Å²) in [6, 6.07) is 10.8. The SMILES string of the molecule is CCS(=O)(=O)c1ccccc1C(=O)NC(C)c1ccc(Cl)cc1Cl. The van der Waals surface area contributed by atoms with E-state index >= 15 is 0 Å². The maximum Gasteiger partial charge on any atom is 0.253 e. The van der Waals surface area contributed by atoms with Gasteiger partial charge in [-0.15, -0.1) is 0 Å². The minimum Gasteiger partial charge on any atom is -0.345 e. The van der Waals surface area contributed by atoms with Crippen molar-refractivity contribution < 1.29 is 13.2 Å². The first-order valence-corrected chi connectivity index (χ1v) is 9.74. The molecule has 4 nitrogen and oxygen atoms in total. The van der Waals surface area contributed by atoms with Crippen LogP contribution < -0.4 is 5.32 Å². The van der Waals surface area contributed by atoms with E-state index in [1.807, 2.05) is 0 Å². The van der Waals surface area contributed by atoms with E-state index in [2.05, 4.69) is 5.32 Å². The summed E-state index contributed by atoms with van der Waals surface area (Å²) in [5.74, 6) is -0.545. The van der Waals surface area contributed by atoms with Crippen LogP contribution in [-0.4, -0.2) is 20.1 Å². The molecule has 1 N–H and O–H groups in total. The first kappa shape index (κ1) is 18.8. The van der Waals surface area contributed by atoms with E-state index in [0.717, 1.165) is 0 Å². The van der Waals surface area contributed by atoms with E-state index in [1.54, 1.807) is 44.2 Å². The molecule has 2 aromatic carbocycles. The summed E-state index contributed by atoms with van der Waals surface area (Å²) in [6.45, 7) is 3.31. The zero-order valence-corrected chi connectivity index (χ0v) is 15.5. The molecule has 128 valence electrons. The average Bonchev–Trinajstić information content (AvgIpc) is 2.54. The minimum absolute atomic E-state index is 0.0272. The molecular weight excluding hydrogens is 369 g/mol. The van der Waals surface area contributed by atoms with Gasteiger partial charge < -0.3 is 5.32 Å². The highest BCUT2D eigenvalue weighted by molar-refractivity contribution is 7.91. The molecule has 0 bridgehead atoms. The second-order valence-electron chi connectivity index (χ2n) is 5.26. The molecule has 0 aliphatic rings. The number of halogens is 2. The Kier molecular flexibility index (Phi) is 5.91. The molecule has 1 amide bonds. The van der Waals surface area contributed by atoms with Crippen LogP contribution >= 0.6 is 23.2 Å². The van der Waals surface area contributed by atoms with Crippen molar-refractivity contribution in [3.05, 3.63) is 63.6 Å². The molecule has 1 atom stereocenters. The number of hydrogen-bond donors (Lipinski definition) is 1. The number of amides is 1. The monoisotopic (exact) mass is 385 g/mol. The van der Waals surface area contributed by atoms with Crippen LogP contribution in [0.2, 0.25) is 10.0 Å². The Balaban J connectivity index is 2.31. The maximum absolute atomic E-state index is 12.5. The Morgan fingerprint density at radius 2 is 1.83 bits per heavy atom. The zero-order chi connectivity index (χ0) is 17.9. The van der Waals surface area contributed by atoms with Crippen molar-refractivity contribution in [2.45, 2.75) is 24.8 Å². The molecule has 1 unspecified atom stereocenters. The number of rotatable bonds is 5. The van der Waals surface area contributed by atoms with E-state index in [-0.39, 0.29) is 16.2 Å². The van der Waals surface area contributed by atoms with Gasteiger partial charge in [-0.1, -0.05) is 48.3 Å². The van der Waals surface area contributed by atoms with Gasteiger partial charge in [0, 0.05) is 10.0 Å². The van der Waals surface area contributed by atoms with Crippen molar-refractivity contribution in [1.29, 1.82) is 0 Å². The molecule has 7 heteroatoms. The summed E-state index contributed by atoms with van der Waals surface area (Å²) in [7, 11) is -3.49. The van der Waals surface area contributed by atoms with Crippen LogP contribution in [0.15, 0.2) is 47.4 Å². The Bertz CT molecular complexity index is 866. The fraction of sp³-hybridized carbons (Fsp3) is 0.235. The second-order valence-corrected chi connectivity index (χ2v) is 8.35. The summed E-state index contributed by atoms with van der Waals surface area (Å²) in [4.78, 5) is 12.6. The third-order valence-electron chi connectivity index (χ3n) is 3.62. The summed E-state index contributed by atoms with van der Waals surface area (Å²) >= 11 is 12.0. The Morgan fingerprint density at radius 3 is 2.46 bits per heavy atom. The fourth-order valence-corrected chi connectivity index (χ4v) is 3.95. The number of nitrogens with one attached hydrogen (secondary N) is 1. The van der Waals surface area contributed by atoms with Crippen LogP contribution in [0, 0.1) is 0 Å². The Labute approximate surface area is 151 Å². The number of benzene rings is 2. The van der Waals surface area contributed by atoms with Crippen LogP contribution in [0.3, 0.4) is 0 Å². The van der Waals surface area contributed by atoms with Crippen molar-refractivity contribution in [3.8, 4) is 0 Å². The predicted octanol–water partition coefficient (Wildman–Crippen LogP) is 4.28. The van der Waals surface area contributed by atoms with Crippen molar-refractivity contribution in [1.82, 2.24) is 5.32 Å². The summed E-state index contributed by atoms with van der Waals surface area (Å²) in [6.07, 6.45) is 0. The van der Waals surface area contributed by atoms with Gasteiger partial charge in [-0.3, -0.25) is 4.79 Å². The molecule has 0 radical (unpaired) electrons. The number of hydrogen-bond acceptors (Lipinski definition) is 3. The Hall–Kier alpha value is -1.56. The van der Waals surface area contributed by atoms with Crippen LogP contribution in [0.5, 0.6) is 0 Å². The first-order valence-electron chi connectivity index (χ1n) is 7.34. The quantitative estimate of drug-likeness (QED) is 0.835. The summed E-state index contributed by atoms with van der Waals surface area (Å²) < 4.78 is 24.3. The normalized spacial score (nSPS) is 12.7. The summed E-state index contributed by atoms with van der Waals surface area (Å²) in [5.41, 5.74) is 0.821. The molecule has 2 aromatic rings. The van der Waals surface area contributed by atoms with Gasteiger partial charge in [0.1, 0.15) is 0 Å². The fourth-order valence-electron chi connectivity index (χ4n) is 2.29. The highest BCUT2D eigenvalue weighted by Gasteiger charge is 2.22. The van der Waals surface area contributed by atoms with Crippen molar-refractivity contribution in [2.24, 2.45) is 0 Å². The largest absolute Gasteiger partial charge is 0.345 e. The van der Waals surface area contributed by atoms with E-state index in [1.165, 1.54) is 12.1 Å². The van der Waals surface area contributed by atoms with E-state index in [0.29, 0.717) is 15.6 Å². The topological polar surface area (TPSA) is 63.2 Å². The molecule has 2 rings (SSSR count). The second kappa shape index (κ2) is 7.55. The van der Waals surface area contributed by atoms with Gasteiger partial charge in [0.05, 0.1) is 22.3 Å². The van der Waals surface area contributed by atoms with Gasteiger partial charge in [-0.25, -0.2) is 8.42 Å². The third-order valence-corrected chi connectivity index (χ3v) is 5.97. The van der Waals surface area contributed by atoms with E-state index in [9.17, 15) is 13.2 Å². The molecule has 0 aliphatic heterocycles. The lowest BCUT2D eigenvalue weighted by atomic mass is 10.1. The van der Waals surface area contributed by atoms with E-state index < -0.39 is 21.8 Å². The first-order chi connectivity index (χ1) is 11.3. The lowest BCUT2D eigenvalue weighted by molar-refractivity contribution is 0.0936. The Morgan fingerprint density at radius 1 is 1.17 bits per heavy atom. The number of carbonyl (C=O) groups excluding carboxylic acids is 1. The average molecular weight is 386 g/mol. The minimum atomic E-state index is -3.49. The van der Waals surface area contributed by atoms with E-state index in [4.69, 9.17) is 23.2 Å². The smallest absolute Gasteiger partial charge is 0.253 e. The lowest BCUT2D eigenvalue weighted by Gasteiger charge is -2.17. The van der Waals surface area contributed by atoms with Crippen molar-refractivity contribution >= 4 is 38.9 Å². The van der Waals surface area contributed by atoms with Crippen molar-refractivity contribution in [2.75, 3.05) is 5.75 Å². The molecule has 0 spiro atoms. The lowest BCUT2D eigenvalue weighted by Crippen LogP contribution is -2.28. The van der Waals surface area contributed by atoms with Crippen LogP contribution in [0.4, 0.5) is 0 Å². The predicted molar refractivity (Wildman–Crippen MR) is 96.5 cm³/mol. The van der Waals surface area contributed by atoms with Gasteiger partial charge in [0.2, 0.25) is 0 Å². The molecular formula is C17H17Cl2NO3S. The molecule has 0 heterocycles. The van der Waals surface area contributed by atoms with Crippen LogP contribution in [-0.2, 0) is 9.84 Å². The highest BCUT2D eigenvalue weighted by atomic mass is 35.5. The molecule has 0 aliphatic carbocycles. The van der Waals surface area contributed by atoms with Gasteiger partial charge in [0.15, 0.2) is 9.84 Å². The maximum atomic E-state index is 12.5. The molecule has 0 aromatic heterocycles. The molecule has 24 heavy (non-hydrogen) atoms. The molecule has 0 fully saturated rings. The zero-order valence-electron chi connectivity index (χ0n) is 13.2. The highest BCUT2D eigenvalue weighted by Crippen LogP contribution is 2.26. The summed E-state index contributed by atoms with van der Waals surface area (Å²) in [5, 5.41) is 3.71. The van der Waals surface area contributed by atoms with Crippen LogP contribution in [0.25, 0.3) is 0 Å². The number of carbonyl (C=O) groups is 1. The van der Waals surface area contributed by atoms with Gasteiger partial charge >= 0.3 is 0 Å². The number of sulfone groups is 1. The van der Waals surface area contributed by atoms with Gasteiger partial charge in [-0.05, 0) is 36.8 Å². The van der Waals surface area contributed by atoms with Crippen LogP contribution in [0.1, 0.15) is 35.8 Å². The molecule has 0 saturated carbocycles. The van der Waals surface area contributed by atoms with Crippen molar-refractivity contribution in [3.63, 3.8) is 0 Å². The van der Waals surface area contributed by atoms with Gasteiger partial charge in [0.25, 0.3) is 5.91 Å². The van der Waals surface area contributed by atoms with Gasteiger partial charge in [-0.2, -0.15) is 0 Å². The standard InChI is InChI=1S/C17H17Cl2NO3S/c1-3-24(22,23)16-7-5-4-6-14(16)17(21)20-11(2)13-9-8-12(18)10-15(13)19/h4-11H,3H2,1-2H3,(H,20,21).